The van der Waals surface area contributed by atoms with Gasteiger partial charge in [-0.15, -0.1) is 0 Å². The van der Waals surface area contributed by atoms with Gasteiger partial charge >= 0.3 is 0 Å². The molecular formula is C23H26N4O3. The third-order valence-corrected chi connectivity index (χ3v) is 5.93. The van der Waals surface area contributed by atoms with Crippen molar-refractivity contribution in [3.8, 4) is 11.5 Å². The van der Waals surface area contributed by atoms with Crippen LogP contribution in [0, 0.1) is 5.92 Å². The molecule has 3 aromatic rings. The number of aromatic nitrogens is 2. The van der Waals surface area contributed by atoms with Crippen LogP contribution in [0.2, 0.25) is 0 Å². The number of rotatable bonds is 5. The molecule has 0 saturated carbocycles. The minimum Gasteiger partial charge on any atom is -0.454 e. The largest absolute Gasteiger partial charge is 0.454 e. The number of benzene rings is 2. The second kappa shape index (κ2) is 7.89. The Morgan fingerprint density at radius 3 is 2.97 bits per heavy atom. The van der Waals surface area contributed by atoms with E-state index in [1.54, 1.807) is 0 Å². The molecule has 7 nitrogen and oxygen atoms in total. The number of fused-ring (bicyclic) bond motifs is 2. The molecule has 7 heteroatoms. The highest BCUT2D eigenvalue weighted by Gasteiger charge is 2.28. The van der Waals surface area contributed by atoms with Crippen molar-refractivity contribution in [2.45, 2.75) is 32.9 Å². The van der Waals surface area contributed by atoms with E-state index in [9.17, 15) is 4.79 Å². The maximum atomic E-state index is 12.9. The summed E-state index contributed by atoms with van der Waals surface area (Å²) >= 11 is 0. The lowest BCUT2D eigenvalue weighted by Gasteiger charge is -2.33. The van der Waals surface area contributed by atoms with Crippen LogP contribution in [-0.2, 0) is 17.9 Å². The summed E-state index contributed by atoms with van der Waals surface area (Å²) in [5.41, 5.74) is 3.15. The number of hydrogen-bond donors (Lipinski definition) is 1. The molecule has 3 heterocycles. The second-order valence-electron chi connectivity index (χ2n) is 7.84. The first-order valence-electron chi connectivity index (χ1n) is 10.6. The van der Waals surface area contributed by atoms with Crippen LogP contribution >= 0.6 is 0 Å². The van der Waals surface area contributed by atoms with Gasteiger partial charge in [-0.1, -0.05) is 18.2 Å². The molecule has 2 aliphatic heterocycles. The number of anilines is 1. The van der Waals surface area contributed by atoms with Crippen molar-refractivity contribution in [3.05, 3.63) is 48.0 Å². The third kappa shape index (κ3) is 3.44. The monoisotopic (exact) mass is 406 g/mol. The Kier molecular flexibility index (Phi) is 4.94. The van der Waals surface area contributed by atoms with Gasteiger partial charge in [-0.2, -0.15) is 0 Å². The van der Waals surface area contributed by atoms with Crippen LogP contribution < -0.4 is 19.7 Å². The fourth-order valence-corrected chi connectivity index (χ4v) is 4.37. The average molecular weight is 406 g/mol. The van der Waals surface area contributed by atoms with Crippen molar-refractivity contribution in [1.82, 2.24) is 14.9 Å². The number of piperidine rings is 1. The maximum Gasteiger partial charge on any atom is 0.231 e. The summed E-state index contributed by atoms with van der Waals surface area (Å²) in [7, 11) is 0. The van der Waals surface area contributed by atoms with Gasteiger partial charge in [0.05, 0.1) is 17.0 Å². The number of nitrogens with one attached hydrogen (secondary N) is 1. The summed E-state index contributed by atoms with van der Waals surface area (Å²) in [5.74, 6) is 2.51. The van der Waals surface area contributed by atoms with Crippen LogP contribution in [0.3, 0.4) is 0 Å². The molecule has 1 amide bonds. The highest BCUT2D eigenvalue weighted by Crippen LogP contribution is 2.32. The van der Waals surface area contributed by atoms with Gasteiger partial charge in [0.2, 0.25) is 18.6 Å². The zero-order valence-corrected chi connectivity index (χ0v) is 17.1. The van der Waals surface area contributed by atoms with E-state index >= 15 is 0 Å². The number of nitrogens with zero attached hydrogens (tertiary/aromatic N) is 3. The third-order valence-electron chi connectivity index (χ3n) is 5.93. The first kappa shape index (κ1) is 18.8. The number of para-hydroxylation sites is 2. The summed E-state index contributed by atoms with van der Waals surface area (Å²) in [5, 5.41) is 3.10. The van der Waals surface area contributed by atoms with Crippen LogP contribution in [0.5, 0.6) is 11.5 Å². The van der Waals surface area contributed by atoms with Gasteiger partial charge in [0.1, 0.15) is 0 Å². The fourth-order valence-electron chi connectivity index (χ4n) is 4.37. The van der Waals surface area contributed by atoms with Crippen LogP contribution in [0.25, 0.3) is 11.0 Å². The molecule has 2 aliphatic rings. The molecule has 2 aromatic carbocycles. The summed E-state index contributed by atoms with van der Waals surface area (Å²) in [4.78, 5) is 20.0. The Bertz CT molecular complexity index is 1080. The molecule has 1 fully saturated rings. The van der Waals surface area contributed by atoms with Gasteiger partial charge in [-0.05, 0) is 49.6 Å². The van der Waals surface area contributed by atoms with Crippen LogP contribution in [0.15, 0.2) is 42.5 Å². The fraction of sp³-hybridized carbons (Fsp3) is 0.391. The predicted molar refractivity (Wildman–Crippen MR) is 115 cm³/mol. The first-order valence-corrected chi connectivity index (χ1v) is 10.6. The number of hydrogen-bond acceptors (Lipinski definition) is 5. The van der Waals surface area contributed by atoms with Gasteiger partial charge in [0, 0.05) is 26.2 Å². The molecule has 0 bridgehead atoms. The number of ether oxygens (including phenoxy) is 2. The summed E-state index contributed by atoms with van der Waals surface area (Å²) < 4.78 is 13.0. The van der Waals surface area contributed by atoms with E-state index in [0.717, 1.165) is 60.0 Å². The molecule has 1 saturated heterocycles. The zero-order valence-electron chi connectivity index (χ0n) is 17.1. The van der Waals surface area contributed by atoms with Gasteiger partial charge in [0.25, 0.3) is 0 Å². The highest BCUT2D eigenvalue weighted by molar-refractivity contribution is 5.81. The van der Waals surface area contributed by atoms with Crippen LogP contribution in [-0.4, -0.2) is 35.3 Å². The lowest BCUT2D eigenvalue weighted by atomic mass is 9.97. The minimum absolute atomic E-state index is 0.0436. The SMILES string of the molecule is CCn1c(N2CCC[C@H](C(=O)NCc3ccc4c(c3)OCO4)C2)nc2ccccc21. The molecule has 1 N–H and O–H groups in total. The smallest absolute Gasteiger partial charge is 0.231 e. The van der Waals surface area contributed by atoms with Gasteiger partial charge < -0.3 is 24.3 Å². The van der Waals surface area contributed by atoms with Crippen molar-refractivity contribution < 1.29 is 14.3 Å². The van der Waals surface area contributed by atoms with Crippen LogP contribution in [0.4, 0.5) is 5.95 Å². The number of aryl methyl sites for hydroxylation is 1. The Morgan fingerprint density at radius 1 is 1.20 bits per heavy atom. The van der Waals surface area contributed by atoms with E-state index in [1.165, 1.54) is 0 Å². The second-order valence-corrected chi connectivity index (χ2v) is 7.84. The number of carbonyl (C=O) groups excluding carboxylic acids is 1. The van der Waals surface area contributed by atoms with Crippen molar-refractivity contribution >= 4 is 22.9 Å². The van der Waals surface area contributed by atoms with Crippen molar-refractivity contribution in [2.24, 2.45) is 5.92 Å². The predicted octanol–water partition coefficient (Wildman–Crippen LogP) is 3.32. The van der Waals surface area contributed by atoms with Crippen molar-refractivity contribution in [3.63, 3.8) is 0 Å². The Morgan fingerprint density at radius 2 is 2.07 bits per heavy atom. The normalized spacial score (nSPS) is 18.0. The highest BCUT2D eigenvalue weighted by atomic mass is 16.7. The number of imidazole rings is 1. The summed E-state index contributed by atoms with van der Waals surface area (Å²) in [6.45, 7) is 5.35. The zero-order chi connectivity index (χ0) is 20.5. The van der Waals surface area contributed by atoms with E-state index in [4.69, 9.17) is 14.5 Å². The molecule has 156 valence electrons. The molecule has 0 radical (unpaired) electrons. The molecule has 0 spiro atoms. The topological polar surface area (TPSA) is 68.6 Å². The Balaban J connectivity index is 1.27. The van der Waals surface area contributed by atoms with Gasteiger partial charge in [0.15, 0.2) is 11.5 Å². The van der Waals surface area contributed by atoms with Crippen LogP contribution in [0.1, 0.15) is 25.3 Å². The summed E-state index contributed by atoms with van der Waals surface area (Å²) in [6, 6.07) is 14.0. The van der Waals surface area contributed by atoms with Gasteiger partial charge in [-0.3, -0.25) is 4.79 Å². The van der Waals surface area contributed by atoms with Gasteiger partial charge in [-0.25, -0.2) is 4.98 Å². The minimum atomic E-state index is -0.0436. The number of amides is 1. The molecule has 30 heavy (non-hydrogen) atoms. The Hall–Kier alpha value is -3.22. The molecule has 0 unspecified atom stereocenters. The molecule has 5 rings (SSSR count). The lowest BCUT2D eigenvalue weighted by Crippen LogP contribution is -2.43. The molecule has 1 aromatic heterocycles. The molecule has 1 atom stereocenters. The molecule has 0 aliphatic carbocycles. The lowest BCUT2D eigenvalue weighted by molar-refractivity contribution is -0.125. The average Bonchev–Trinajstić information content (AvgIpc) is 3.41. The van der Waals surface area contributed by atoms with Crippen molar-refractivity contribution in [1.29, 1.82) is 0 Å². The molecular weight excluding hydrogens is 380 g/mol. The van der Waals surface area contributed by atoms with E-state index in [1.807, 2.05) is 36.4 Å². The van der Waals surface area contributed by atoms with E-state index < -0.39 is 0 Å². The quantitative estimate of drug-likeness (QED) is 0.704. The summed E-state index contributed by atoms with van der Waals surface area (Å²) in [6.07, 6.45) is 1.88. The number of carbonyl (C=O) groups is 1. The first-order chi connectivity index (χ1) is 14.7. The maximum absolute atomic E-state index is 12.9. The Labute approximate surface area is 175 Å². The van der Waals surface area contributed by atoms with E-state index in [2.05, 4.69) is 27.8 Å². The van der Waals surface area contributed by atoms with Crippen molar-refractivity contribution in [2.75, 3.05) is 24.8 Å². The standard InChI is InChI=1S/C23H26N4O3/c1-2-27-19-8-4-3-7-18(19)25-23(27)26-11-5-6-17(14-26)22(28)24-13-16-9-10-20-21(12-16)30-15-29-20/h3-4,7-10,12,17H,2,5-6,11,13-15H2,1H3,(H,24,28)/t17-/m0/s1. The van der Waals surface area contributed by atoms with E-state index in [-0.39, 0.29) is 18.6 Å². The van der Waals surface area contributed by atoms with E-state index in [0.29, 0.717) is 13.1 Å².